The lowest BCUT2D eigenvalue weighted by Crippen LogP contribution is -2.05. The topological polar surface area (TPSA) is 39.1 Å². The van der Waals surface area contributed by atoms with Crippen LogP contribution in [0.2, 0.25) is 0 Å². The van der Waals surface area contributed by atoms with Crippen LogP contribution in [0.25, 0.3) is 0 Å². The van der Waals surface area contributed by atoms with Gasteiger partial charge in [0.05, 0.1) is 18.0 Å². The van der Waals surface area contributed by atoms with E-state index in [4.69, 9.17) is 4.74 Å². The summed E-state index contributed by atoms with van der Waals surface area (Å²) in [5, 5.41) is 7.37. The maximum Gasteiger partial charge on any atom is 0.119 e. The van der Waals surface area contributed by atoms with E-state index in [0.717, 1.165) is 17.1 Å². The molecule has 0 saturated heterocycles. The van der Waals surface area contributed by atoms with Gasteiger partial charge in [0.2, 0.25) is 0 Å². The van der Waals surface area contributed by atoms with Gasteiger partial charge in [-0.05, 0) is 38.1 Å². The normalized spacial score (nSPS) is 10.6. The molecule has 1 aromatic heterocycles. The van der Waals surface area contributed by atoms with Crippen molar-refractivity contribution in [1.29, 1.82) is 0 Å². The van der Waals surface area contributed by atoms with Crippen molar-refractivity contribution < 1.29 is 4.74 Å². The van der Waals surface area contributed by atoms with Gasteiger partial charge >= 0.3 is 0 Å². The number of aromatic nitrogens is 2. The van der Waals surface area contributed by atoms with E-state index < -0.39 is 0 Å². The van der Waals surface area contributed by atoms with Gasteiger partial charge in [0.15, 0.2) is 0 Å². The Bertz CT molecular complexity index is 474. The molecule has 2 rings (SSSR count). The van der Waals surface area contributed by atoms with Crippen molar-refractivity contribution in [3.63, 3.8) is 0 Å². The summed E-state index contributed by atoms with van der Waals surface area (Å²) in [7, 11) is 1.89. The van der Waals surface area contributed by atoms with Gasteiger partial charge < -0.3 is 10.1 Å². The predicted molar refractivity (Wildman–Crippen MR) is 68.7 cm³/mol. The molecule has 0 aliphatic rings. The second-order valence-electron chi connectivity index (χ2n) is 4.22. The molecule has 0 aliphatic carbocycles. The Morgan fingerprint density at radius 3 is 2.41 bits per heavy atom. The van der Waals surface area contributed by atoms with E-state index in [1.165, 1.54) is 0 Å². The molecule has 0 radical (unpaired) electrons. The van der Waals surface area contributed by atoms with Crippen molar-refractivity contribution in [3.8, 4) is 5.75 Å². The SMILES string of the molecule is CC(C)Oc1ccc(Nc2cnn(C)c2)cc1. The molecule has 17 heavy (non-hydrogen) atoms. The fraction of sp³-hybridized carbons (Fsp3) is 0.308. The molecule has 0 bridgehead atoms. The summed E-state index contributed by atoms with van der Waals surface area (Å²) in [6, 6.07) is 7.90. The number of nitrogens with zero attached hydrogens (tertiary/aromatic N) is 2. The van der Waals surface area contributed by atoms with Crippen LogP contribution in [0.15, 0.2) is 36.7 Å². The fourth-order valence-corrected chi connectivity index (χ4v) is 1.54. The Morgan fingerprint density at radius 1 is 1.18 bits per heavy atom. The summed E-state index contributed by atoms with van der Waals surface area (Å²) >= 11 is 0. The lowest BCUT2D eigenvalue weighted by molar-refractivity contribution is 0.242. The Morgan fingerprint density at radius 2 is 1.88 bits per heavy atom. The van der Waals surface area contributed by atoms with Crippen LogP contribution in [-0.2, 0) is 7.05 Å². The van der Waals surface area contributed by atoms with Crippen molar-refractivity contribution in [2.24, 2.45) is 7.05 Å². The number of hydrogen-bond donors (Lipinski definition) is 1. The van der Waals surface area contributed by atoms with E-state index >= 15 is 0 Å². The molecule has 90 valence electrons. The maximum absolute atomic E-state index is 5.58. The highest BCUT2D eigenvalue weighted by atomic mass is 16.5. The molecule has 0 atom stereocenters. The highest BCUT2D eigenvalue weighted by Gasteiger charge is 1.99. The average Bonchev–Trinajstić information content (AvgIpc) is 2.66. The van der Waals surface area contributed by atoms with Gasteiger partial charge in [0.1, 0.15) is 5.75 Å². The Balaban J connectivity index is 2.03. The number of ether oxygens (including phenoxy) is 1. The third kappa shape index (κ3) is 3.24. The molecule has 1 aromatic carbocycles. The van der Waals surface area contributed by atoms with Gasteiger partial charge in [0.25, 0.3) is 0 Å². The molecular formula is C13H17N3O. The first-order valence-corrected chi connectivity index (χ1v) is 5.66. The van der Waals surface area contributed by atoms with E-state index in [9.17, 15) is 0 Å². The maximum atomic E-state index is 5.58. The van der Waals surface area contributed by atoms with Crippen molar-refractivity contribution in [2.45, 2.75) is 20.0 Å². The van der Waals surface area contributed by atoms with Crippen molar-refractivity contribution in [3.05, 3.63) is 36.7 Å². The van der Waals surface area contributed by atoms with E-state index in [1.54, 1.807) is 10.9 Å². The Labute approximate surface area is 101 Å². The minimum absolute atomic E-state index is 0.201. The van der Waals surface area contributed by atoms with E-state index in [0.29, 0.717) is 0 Å². The molecular weight excluding hydrogens is 214 g/mol. The molecule has 0 amide bonds. The second kappa shape index (κ2) is 4.91. The van der Waals surface area contributed by atoms with Crippen LogP contribution in [-0.4, -0.2) is 15.9 Å². The number of benzene rings is 1. The molecule has 0 saturated carbocycles. The van der Waals surface area contributed by atoms with Crippen molar-refractivity contribution in [2.75, 3.05) is 5.32 Å². The van der Waals surface area contributed by atoms with Gasteiger partial charge in [-0.15, -0.1) is 0 Å². The number of anilines is 2. The monoisotopic (exact) mass is 231 g/mol. The first-order chi connectivity index (χ1) is 8.13. The molecule has 0 aliphatic heterocycles. The lowest BCUT2D eigenvalue weighted by atomic mass is 10.3. The molecule has 1 heterocycles. The van der Waals surface area contributed by atoms with Gasteiger partial charge in [-0.2, -0.15) is 5.10 Å². The average molecular weight is 231 g/mol. The van der Waals surface area contributed by atoms with Crippen molar-refractivity contribution in [1.82, 2.24) is 9.78 Å². The van der Waals surface area contributed by atoms with Crippen LogP contribution in [0.4, 0.5) is 11.4 Å². The summed E-state index contributed by atoms with van der Waals surface area (Å²) in [4.78, 5) is 0. The van der Waals surface area contributed by atoms with Crippen LogP contribution >= 0.6 is 0 Å². The van der Waals surface area contributed by atoms with E-state index in [1.807, 2.05) is 51.4 Å². The molecule has 0 spiro atoms. The van der Waals surface area contributed by atoms with Crippen LogP contribution in [0.5, 0.6) is 5.75 Å². The zero-order valence-electron chi connectivity index (χ0n) is 10.3. The molecule has 4 nitrogen and oxygen atoms in total. The van der Waals surface area contributed by atoms with Crippen LogP contribution in [0.3, 0.4) is 0 Å². The highest BCUT2D eigenvalue weighted by molar-refractivity contribution is 5.58. The molecule has 1 N–H and O–H groups in total. The largest absolute Gasteiger partial charge is 0.491 e. The first kappa shape index (κ1) is 11.5. The van der Waals surface area contributed by atoms with Gasteiger partial charge in [-0.3, -0.25) is 4.68 Å². The summed E-state index contributed by atoms with van der Waals surface area (Å²) < 4.78 is 7.34. The van der Waals surface area contributed by atoms with Gasteiger partial charge in [-0.25, -0.2) is 0 Å². The minimum Gasteiger partial charge on any atom is -0.491 e. The summed E-state index contributed by atoms with van der Waals surface area (Å²) in [5.41, 5.74) is 2.00. The number of aryl methyl sites for hydroxylation is 1. The van der Waals surface area contributed by atoms with E-state index in [-0.39, 0.29) is 6.10 Å². The second-order valence-corrected chi connectivity index (χ2v) is 4.22. The van der Waals surface area contributed by atoms with E-state index in [2.05, 4.69) is 10.4 Å². The number of nitrogens with one attached hydrogen (secondary N) is 1. The smallest absolute Gasteiger partial charge is 0.119 e. The zero-order valence-corrected chi connectivity index (χ0v) is 10.3. The number of hydrogen-bond acceptors (Lipinski definition) is 3. The Hall–Kier alpha value is -1.97. The summed E-state index contributed by atoms with van der Waals surface area (Å²) in [6.45, 7) is 4.03. The van der Waals surface area contributed by atoms with Gasteiger partial charge in [0, 0.05) is 18.9 Å². The zero-order chi connectivity index (χ0) is 12.3. The quantitative estimate of drug-likeness (QED) is 0.879. The standard InChI is InChI=1S/C13H17N3O/c1-10(2)17-13-6-4-11(5-7-13)15-12-8-14-16(3)9-12/h4-10,15H,1-3H3. The molecule has 0 unspecified atom stereocenters. The van der Waals surface area contributed by atoms with Crippen LogP contribution in [0, 0.1) is 0 Å². The Kier molecular flexibility index (Phi) is 3.32. The summed E-state index contributed by atoms with van der Waals surface area (Å²) in [5.74, 6) is 0.886. The van der Waals surface area contributed by atoms with Gasteiger partial charge in [-0.1, -0.05) is 0 Å². The minimum atomic E-state index is 0.201. The lowest BCUT2D eigenvalue weighted by Gasteiger charge is -2.10. The first-order valence-electron chi connectivity index (χ1n) is 5.66. The van der Waals surface area contributed by atoms with Crippen molar-refractivity contribution >= 4 is 11.4 Å². The van der Waals surface area contributed by atoms with Crippen LogP contribution < -0.4 is 10.1 Å². The molecule has 2 aromatic rings. The fourth-order valence-electron chi connectivity index (χ4n) is 1.54. The predicted octanol–water partition coefficient (Wildman–Crippen LogP) is 2.95. The van der Waals surface area contributed by atoms with Crippen LogP contribution in [0.1, 0.15) is 13.8 Å². The molecule has 0 fully saturated rings. The third-order valence-corrected chi connectivity index (χ3v) is 2.22. The third-order valence-electron chi connectivity index (χ3n) is 2.22. The summed E-state index contributed by atoms with van der Waals surface area (Å²) in [6.07, 6.45) is 3.92. The highest BCUT2D eigenvalue weighted by Crippen LogP contribution is 2.20. The molecule has 4 heteroatoms. The number of rotatable bonds is 4.